The third-order valence-corrected chi connectivity index (χ3v) is 5.23. The molecule has 0 saturated carbocycles. The van der Waals surface area contributed by atoms with Crippen LogP contribution in [-0.4, -0.2) is 43.2 Å². The number of amides is 1. The van der Waals surface area contributed by atoms with Crippen LogP contribution in [0.3, 0.4) is 0 Å². The van der Waals surface area contributed by atoms with Crippen LogP contribution < -0.4 is 10.0 Å². The van der Waals surface area contributed by atoms with Crippen molar-refractivity contribution in [1.29, 1.82) is 0 Å². The molecule has 1 heterocycles. The minimum atomic E-state index is -3.87. The average molecular weight is 408 g/mol. The molecule has 0 fully saturated rings. The molecule has 0 radical (unpaired) electrons. The number of rotatable bonds is 10. The highest BCUT2D eigenvalue weighted by molar-refractivity contribution is 7.89. The van der Waals surface area contributed by atoms with E-state index in [0.29, 0.717) is 0 Å². The van der Waals surface area contributed by atoms with Gasteiger partial charge in [-0.25, -0.2) is 8.42 Å². The normalized spacial score (nSPS) is 12.4. The summed E-state index contributed by atoms with van der Waals surface area (Å²) in [7, 11) is -2.29. The van der Waals surface area contributed by atoms with Gasteiger partial charge < -0.3 is 10.1 Å². The molecule has 0 aliphatic rings. The summed E-state index contributed by atoms with van der Waals surface area (Å²) in [6.45, 7) is 0.943. The van der Waals surface area contributed by atoms with Crippen molar-refractivity contribution in [1.82, 2.24) is 19.8 Å². The van der Waals surface area contributed by atoms with E-state index in [2.05, 4.69) is 15.1 Å². The second kappa shape index (κ2) is 10.00. The fourth-order valence-electron chi connectivity index (χ4n) is 2.50. The van der Waals surface area contributed by atoms with E-state index in [1.54, 1.807) is 7.05 Å². The molecule has 0 bridgehead atoms. The lowest BCUT2D eigenvalue weighted by Gasteiger charge is -2.18. The van der Waals surface area contributed by atoms with Gasteiger partial charge in [-0.1, -0.05) is 43.7 Å². The van der Waals surface area contributed by atoms with E-state index in [1.165, 1.54) is 17.1 Å². The number of aromatic nitrogens is 2. The Morgan fingerprint density at radius 2 is 1.96 bits per heavy atom. The van der Waals surface area contributed by atoms with E-state index in [-0.39, 0.29) is 10.9 Å². The average Bonchev–Trinajstić information content (AvgIpc) is 3.12. The quantitative estimate of drug-likeness (QED) is 0.564. The van der Waals surface area contributed by atoms with Gasteiger partial charge in [0.1, 0.15) is 11.4 Å². The molecule has 152 valence electrons. The predicted molar refractivity (Wildman–Crippen MR) is 102 cm³/mol. The fraction of sp³-hybridized carbons (Fsp3) is 0.389. The standard InChI is InChI=1S/C18H24N4O5S/c1-3-7-16(14-8-5-4-6-9-14)21-17(23)13-27-18(24)11-20-28(25,26)15-10-19-22(2)12-15/h4-6,8-10,12,16,20H,3,7,11,13H2,1-2H3,(H,21,23). The molecule has 2 aromatic rings. The molecule has 2 N–H and O–H groups in total. The Labute approximate surface area is 164 Å². The first-order valence-corrected chi connectivity index (χ1v) is 10.3. The van der Waals surface area contributed by atoms with Crippen molar-refractivity contribution < 1.29 is 22.7 Å². The molecule has 28 heavy (non-hydrogen) atoms. The first-order chi connectivity index (χ1) is 13.3. The Morgan fingerprint density at radius 3 is 2.57 bits per heavy atom. The van der Waals surface area contributed by atoms with Crippen molar-refractivity contribution in [3.8, 4) is 0 Å². The number of esters is 1. The molecule has 10 heteroatoms. The maximum Gasteiger partial charge on any atom is 0.321 e. The van der Waals surface area contributed by atoms with Gasteiger partial charge in [0.05, 0.1) is 12.2 Å². The van der Waals surface area contributed by atoms with E-state index in [9.17, 15) is 18.0 Å². The highest BCUT2D eigenvalue weighted by Crippen LogP contribution is 2.17. The number of aryl methyl sites for hydroxylation is 1. The second-order valence-corrected chi connectivity index (χ2v) is 7.92. The van der Waals surface area contributed by atoms with Crippen molar-refractivity contribution in [3.05, 3.63) is 48.3 Å². The number of nitrogens with zero attached hydrogens (tertiary/aromatic N) is 2. The molecule has 0 saturated heterocycles. The zero-order valence-electron chi connectivity index (χ0n) is 15.8. The summed E-state index contributed by atoms with van der Waals surface area (Å²) in [5, 5.41) is 6.59. The van der Waals surface area contributed by atoms with Crippen LogP contribution >= 0.6 is 0 Å². The zero-order valence-corrected chi connectivity index (χ0v) is 16.6. The van der Waals surface area contributed by atoms with Gasteiger partial charge in [-0.2, -0.15) is 9.82 Å². The van der Waals surface area contributed by atoms with Crippen molar-refractivity contribution in [2.45, 2.75) is 30.7 Å². The zero-order chi connectivity index (χ0) is 20.6. The Bertz CT molecular complexity index is 896. The molecule has 2 rings (SSSR count). The monoisotopic (exact) mass is 408 g/mol. The third kappa shape index (κ3) is 6.46. The lowest BCUT2D eigenvalue weighted by Crippen LogP contribution is -2.35. The van der Waals surface area contributed by atoms with E-state index in [0.717, 1.165) is 18.4 Å². The molecule has 9 nitrogen and oxygen atoms in total. The van der Waals surface area contributed by atoms with Crippen molar-refractivity contribution in [3.63, 3.8) is 0 Å². The molecular formula is C18H24N4O5S. The highest BCUT2D eigenvalue weighted by Gasteiger charge is 2.19. The molecule has 1 aromatic carbocycles. The number of carbonyl (C=O) groups excluding carboxylic acids is 2. The number of carbonyl (C=O) groups is 2. The van der Waals surface area contributed by atoms with Crippen molar-refractivity contribution in [2.75, 3.05) is 13.2 Å². The van der Waals surface area contributed by atoms with Gasteiger partial charge in [-0.3, -0.25) is 14.3 Å². The van der Waals surface area contributed by atoms with Gasteiger partial charge in [0.25, 0.3) is 5.91 Å². The van der Waals surface area contributed by atoms with Crippen LogP contribution in [0.25, 0.3) is 0 Å². The minimum absolute atomic E-state index is 0.0641. The number of hydrogen-bond acceptors (Lipinski definition) is 6. The molecule has 0 spiro atoms. The Kier molecular flexibility index (Phi) is 7.70. The van der Waals surface area contributed by atoms with Crippen molar-refractivity contribution in [2.24, 2.45) is 7.05 Å². The lowest BCUT2D eigenvalue weighted by atomic mass is 10.0. The summed E-state index contributed by atoms with van der Waals surface area (Å²) < 4.78 is 32.3. The lowest BCUT2D eigenvalue weighted by molar-refractivity contribution is -0.147. The van der Waals surface area contributed by atoms with Crippen LogP contribution in [-0.2, 0) is 31.4 Å². The SMILES string of the molecule is CCCC(NC(=O)COC(=O)CNS(=O)(=O)c1cnn(C)c1)c1ccccc1. The largest absolute Gasteiger partial charge is 0.455 e. The minimum Gasteiger partial charge on any atom is -0.455 e. The third-order valence-electron chi connectivity index (χ3n) is 3.88. The molecule has 0 aliphatic heterocycles. The van der Waals surface area contributed by atoms with Gasteiger partial charge in [0.2, 0.25) is 10.0 Å². The molecule has 0 aliphatic carbocycles. The number of benzene rings is 1. The summed E-state index contributed by atoms with van der Waals surface area (Å²) >= 11 is 0. The van der Waals surface area contributed by atoms with E-state index in [4.69, 9.17) is 4.74 Å². The van der Waals surface area contributed by atoms with Crippen LogP contribution in [0.1, 0.15) is 31.4 Å². The summed E-state index contributed by atoms with van der Waals surface area (Å²) in [5.41, 5.74) is 0.966. The summed E-state index contributed by atoms with van der Waals surface area (Å²) in [4.78, 5) is 23.8. The van der Waals surface area contributed by atoms with Gasteiger partial charge >= 0.3 is 5.97 Å². The van der Waals surface area contributed by atoms with Gasteiger partial charge in [-0.05, 0) is 12.0 Å². The predicted octanol–water partition coefficient (Wildman–Crippen LogP) is 0.899. The van der Waals surface area contributed by atoms with Crippen LogP contribution in [0, 0.1) is 0 Å². The molecule has 1 unspecified atom stereocenters. The Balaban J connectivity index is 1.80. The van der Waals surface area contributed by atoms with Crippen LogP contribution in [0.5, 0.6) is 0 Å². The number of hydrogen-bond donors (Lipinski definition) is 2. The Hall–Kier alpha value is -2.72. The fourth-order valence-corrected chi connectivity index (χ4v) is 3.46. The van der Waals surface area contributed by atoms with Crippen LogP contribution in [0.4, 0.5) is 0 Å². The van der Waals surface area contributed by atoms with E-state index < -0.39 is 35.1 Å². The van der Waals surface area contributed by atoms with E-state index in [1.807, 2.05) is 37.3 Å². The number of nitrogens with one attached hydrogen (secondary N) is 2. The number of sulfonamides is 1. The first-order valence-electron chi connectivity index (χ1n) is 8.80. The molecule has 1 amide bonds. The van der Waals surface area contributed by atoms with E-state index >= 15 is 0 Å². The van der Waals surface area contributed by atoms with Gasteiger partial charge in [-0.15, -0.1) is 0 Å². The topological polar surface area (TPSA) is 119 Å². The summed E-state index contributed by atoms with van der Waals surface area (Å²) in [6.07, 6.45) is 4.08. The molecule has 1 aromatic heterocycles. The smallest absolute Gasteiger partial charge is 0.321 e. The molecule has 1 atom stereocenters. The Morgan fingerprint density at radius 1 is 1.25 bits per heavy atom. The highest BCUT2D eigenvalue weighted by atomic mass is 32.2. The van der Waals surface area contributed by atoms with Gasteiger partial charge in [0.15, 0.2) is 6.61 Å². The maximum atomic E-state index is 12.1. The maximum absolute atomic E-state index is 12.1. The van der Waals surface area contributed by atoms with Gasteiger partial charge in [0, 0.05) is 13.2 Å². The van der Waals surface area contributed by atoms with Crippen LogP contribution in [0.15, 0.2) is 47.6 Å². The summed E-state index contributed by atoms with van der Waals surface area (Å²) in [6, 6.07) is 9.32. The van der Waals surface area contributed by atoms with Crippen molar-refractivity contribution >= 4 is 21.9 Å². The second-order valence-electron chi connectivity index (χ2n) is 6.15. The number of ether oxygens (including phenoxy) is 1. The molecular weight excluding hydrogens is 384 g/mol. The van der Waals surface area contributed by atoms with Crippen LogP contribution in [0.2, 0.25) is 0 Å². The first kappa shape index (κ1) is 21.6. The summed E-state index contributed by atoms with van der Waals surface area (Å²) in [5.74, 6) is -1.31.